The molecule has 6 heteroatoms. The van der Waals surface area contributed by atoms with Gasteiger partial charge in [-0.2, -0.15) is 5.26 Å². The Hall–Kier alpha value is -2.65. The average molecular weight is 339 g/mol. The first-order valence-corrected chi connectivity index (χ1v) is 8.42. The molecule has 24 heavy (non-hydrogen) atoms. The summed E-state index contributed by atoms with van der Waals surface area (Å²) in [4.78, 5) is 15.9. The molecule has 0 bridgehead atoms. The Kier molecular flexibility index (Phi) is 3.90. The summed E-state index contributed by atoms with van der Waals surface area (Å²) in [5, 5.41) is 20.3. The van der Waals surface area contributed by atoms with Crippen LogP contribution in [0, 0.1) is 25.2 Å². The van der Waals surface area contributed by atoms with Crippen LogP contribution in [-0.2, 0) is 0 Å². The number of aryl methyl sites for hydroxylation is 1. The van der Waals surface area contributed by atoms with Crippen molar-refractivity contribution in [2.45, 2.75) is 33.7 Å². The van der Waals surface area contributed by atoms with Gasteiger partial charge in [-0.25, -0.2) is 9.78 Å². The summed E-state index contributed by atoms with van der Waals surface area (Å²) in [7, 11) is 0. The maximum atomic E-state index is 11.2. The third kappa shape index (κ3) is 2.38. The molecule has 1 N–H and O–H groups in total. The highest BCUT2D eigenvalue weighted by molar-refractivity contribution is 7.17. The van der Waals surface area contributed by atoms with Crippen LogP contribution in [0.15, 0.2) is 18.2 Å². The van der Waals surface area contributed by atoms with Crippen molar-refractivity contribution < 1.29 is 9.90 Å². The summed E-state index contributed by atoms with van der Waals surface area (Å²) in [5.41, 5.74) is 3.96. The van der Waals surface area contributed by atoms with E-state index in [0.29, 0.717) is 16.3 Å². The zero-order valence-electron chi connectivity index (χ0n) is 13.9. The molecule has 0 radical (unpaired) electrons. The first-order chi connectivity index (χ1) is 11.3. The van der Waals surface area contributed by atoms with Crippen molar-refractivity contribution in [3.8, 4) is 16.6 Å². The van der Waals surface area contributed by atoms with Crippen molar-refractivity contribution in [3.63, 3.8) is 0 Å². The molecular weight excluding hydrogens is 322 g/mol. The van der Waals surface area contributed by atoms with E-state index in [1.807, 2.05) is 25.1 Å². The van der Waals surface area contributed by atoms with E-state index in [1.54, 1.807) is 6.92 Å². The first-order valence-electron chi connectivity index (χ1n) is 7.60. The van der Waals surface area contributed by atoms with Gasteiger partial charge in [0, 0.05) is 28.2 Å². The Balaban J connectivity index is 2.24. The van der Waals surface area contributed by atoms with Crippen LogP contribution < -0.4 is 0 Å². The van der Waals surface area contributed by atoms with Gasteiger partial charge in [0.2, 0.25) is 0 Å². The zero-order chi connectivity index (χ0) is 17.6. The molecule has 5 nitrogen and oxygen atoms in total. The number of hydrogen-bond donors (Lipinski definition) is 1. The van der Waals surface area contributed by atoms with Crippen LogP contribution in [0.3, 0.4) is 0 Å². The van der Waals surface area contributed by atoms with Crippen molar-refractivity contribution in [2.24, 2.45) is 0 Å². The molecule has 0 saturated heterocycles. The Morgan fingerprint density at radius 1 is 1.38 bits per heavy atom. The molecule has 2 aromatic heterocycles. The maximum absolute atomic E-state index is 11.2. The standard InChI is InChI=1S/C18H17N3O2S/c1-9(2)21-11(4)14(8-19)13-7-12(5-6-15(13)21)17-20-10(3)16(24-17)18(22)23/h5-7,9H,1-4H3,(H,22,23). The van der Waals surface area contributed by atoms with Crippen LogP contribution in [-0.4, -0.2) is 20.6 Å². The second-order valence-electron chi connectivity index (χ2n) is 6.01. The lowest BCUT2D eigenvalue weighted by Gasteiger charge is -2.12. The summed E-state index contributed by atoms with van der Waals surface area (Å²) < 4.78 is 2.15. The van der Waals surface area contributed by atoms with Crippen molar-refractivity contribution >= 4 is 28.2 Å². The van der Waals surface area contributed by atoms with E-state index >= 15 is 0 Å². The van der Waals surface area contributed by atoms with Gasteiger partial charge in [0.1, 0.15) is 16.0 Å². The van der Waals surface area contributed by atoms with Gasteiger partial charge in [0.15, 0.2) is 0 Å². The number of benzene rings is 1. The predicted octanol–water partition coefficient (Wildman–Crippen LogP) is 4.53. The first kappa shape index (κ1) is 16.2. The second kappa shape index (κ2) is 5.77. The van der Waals surface area contributed by atoms with Gasteiger partial charge in [0.05, 0.1) is 11.3 Å². The molecule has 3 aromatic rings. The molecule has 0 amide bonds. The van der Waals surface area contributed by atoms with E-state index in [4.69, 9.17) is 0 Å². The monoisotopic (exact) mass is 339 g/mol. The molecule has 3 rings (SSSR count). The van der Waals surface area contributed by atoms with Gasteiger partial charge < -0.3 is 9.67 Å². The van der Waals surface area contributed by atoms with E-state index in [0.717, 1.165) is 33.5 Å². The number of hydrogen-bond acceptors (Lipinski definition) is 4. The minimum atomic E-state index is -0.961. The Labute approximate surface area is 143 Å². The molecule has 0 atom stereocenters. The van der Waals surface area contributed by atoms with Gasteiger partial charge in [-0.1, -0.05) is 0 Å². The molecule has 0 aliphatic heterocycles. The van der Waals surface area contributed by atoms with E-state index in [9.17, 15) is 15.2 Å². The Morgan fingerprint density at radius 2 is 2.08 bits per heavy atom. The number of nitrogens with zero attached hydrogens (tertiary/aromatic N) is 3. The third-order valence-corrected chi connectivity index (χ3v) is 5.31. The fraction of sp³-hybridized carbons (Fsp3) is 0.278. The van der Waals surface area contributed by atoms with E-state index in [-0.39, 0.29) is 10.9 Å². The minimum absolute atomic E-state index is 0.251. The number of carboxylic acid groups (broad SMARTS) is 1. The summed E-state index contributed by atoms with van der Waals surface area (Å²) in [6.07, 6.45) is 0. The van der Waals surface area contributed by atoms with Gasteiger partial charge in [0.25, 0.3) is 0 Å². The fourth-order valence-corrected chi connectivity index (χ4v) is 4.00. The van der Waals surface area contributed by atoms with Crippen LogP contribution >= 0.6 is 11.3 Å². The van der Waals surface area contributed by atoms with Crippen molar-refractivity contribution in [1.82, 2.24) is 9.55 Å². The second-order valence-corrected chi connectivity index (χ2v) is 7.01. The number of thiazole rings is 1. The molecule has 0 fully saturated rings. The summed E-state index contributed by atoms with van der Waals surface area (Å²) in [6.45, 7) is 7.83. The van der Waals surface area contributed by atoms with Gasteiger partial charge in [-0.05, 0) is 45.9 Å². The van der Waals surface area contributed by atoms with Gasteiger partial charge >= 0.3 is 5.97 Å². The minimum Gasteiger partial charge on any atom is -0.477 e. The number of carbonyl (C=O) groups is 1. The molecule has 1 aromatic carbocycles. The molecule has 0 aliphatic rings. The van der Waals surface area contributed by atoms with Crippen LogP contribution in [0.4, 0.5) is 0 Å². The van der Waals surface area contributed by atoms with Crippen molar-refractivity contribution in [3.05, 3.63) is 40.0 Å². The number of fused-ring (bicyclic) bond motifs is 1. The van der Waals surface area contributed by atoms with E-state index in [2.05, 4.69) is 29.5 Å². The lowest BCUT2D eigenvalue weighted by atomic mass is 10.1. The van der Waals surface area contributed by atoms with Gasteiger partial charge in [-0.15, -0.1) is 11.3 Å². The number of rotatable bonds is 3. The number of nitriles is 1. The summed E-state index contributed by atoms with van der Waals surface area (Å²) >= 11 is 1.16. The quantitative estimate of drug-likeness (QED) is 0.760. The lowest BCUT2D eigenvalue weighted by Crippen LogP contribution is -2.02. The van der Waals surface area contributed by atoms with Crippen molar-refractivity contribution in [2.75, 3.05) is 0 Å². The smallest absolute Gasteiger partial charge is 0.347 e. The van der Waals surface area contributed by atoms with E-state index in [1.165, 1.54) is 0 Å². The highest BCUT2D eigenvalue weighted by Crippen LogP contribution is 2.34. The van der Waals surface area contributed by atoms with Gasteiger partial charge in [-0.3, -0.25) is 0 Å². The molecule has 0 aliphatic carbocycles. The normalized spacial score (nSPS) is 11.2. The highest BCUT2D eigenvalue weighted by atomic mass is 32.1. The molecule has 0 spiro atoms. The molecule has 2 heterocycles. The Bertz CT molecular complexity index is 1010. The number of aromatic carboxylic acids is 1. The average Bonchev–Trinajstić information content (AvgIpc) is 3.03. The molecule has 0 unspecified atom stereocenters. The number of aromatic nitrogens is 2. The van der Waals surface area contributed by atoms with E-state index < -0.39 is 5.97 Å². The largest absolute Gasteiger partial charge is 0.477 e. The topological polar surface area (TPSA) is 78.9 Å². The van der Waals surface area contributed by atoms with Crippen molar-refractivity contribution in [1.29, 1.82) is 5.26 Å². The van der Waals surface area contributed by atoms with Crippen LogP contribution in [0.1, 0.15) is 46.5 Å². The highest BCUT2D eigenvalue weighted by Gasteiger charge is 2.19. The van der Waals surface area contributed by atoms with Crippen LogP contribution in [0.5, 0.6) is 0 Å². The lowest BCUT2D eigenvalue weighted by molar-refractivity contribution is 0.0701. The predicted molar refractivity (Wildman–Crippen MR) is 94.6 cm³/mol. The zero-order valence-corrected chi connectivity index (χ0v) is 14.7. The number of carboxylic acids is 1. The summed E-state index contributed by atoms with van der Waals surface area (Å²) in [5.74, 6) is -0.961. The van der Waals surface area contributed by atoms with Crippen LogP contribution in [0.25, 0.3) is 21.5 Å². The molecule has 0 saturated carbocycles. The summed E-state index contributed by atoms with van der Waals surface area (Å²) in [6, 6.07) is 8.40. The SMILES string of the molecule is Cc1nc(-c2ccc3c(c2)c(C#N)c(C)n3C(C)C)sc1C(=O)O. The van der Waals surface area contributed by atoms with Crippen LogP contribution in [0.2, 0.25) is 0 Å². The molecule has 122 valence electrons. The Morgan fingerprint density at radius 3 is 2.62 bits per heavy atom. The fourth-order valence-electron chi connectivity index (χ4n) is 3.10. The maximum Gasteiger partial charge on any atom is 0.347 e. The third-order valence-electron chi connectivity index (χ3n) is 4.11. The molecular formula is C18H17N3O2S.